The van der Waals surface area contributed by atoms with Gasteiger partial charge in [0.05, 0.1) is 4.70 Å². The Bertz CT molecular complexity index is 966. The van der Waals surface area contributed by atoms with Crippen molar-refractivity contribution < 1.29 is 13.6 Å². The number of carbonyl (C=O) groups excluding carboxylic acids is 1. The van der Waals surface area contributed by atoms with Crippen LogP contribution in [0.3, 0.4) is 0 Å². The van der Waals surface area contributed by atoms with Gasteiger partial charge in [0.25, 0.3) is 5.91 Å². The molecule has 0 spiro atoms. The van der Waals surface area contributed by atoms with Gasteiger partial charge in [-0.25, -0.2) is 13.8 Å². The first-order valence-electron chi connectivity index (χ1n) is 7.98. The van der Waals surface area contributed by atoms with Crippen molar-refractivity contribution in [3.05, 3.63) is 41.2 Å². The second-order valence-electron chi connectivity index (χ2n) is 6.33. The molecule has 1 amide bonds. The molecule has 2 heterocycles. The number of hydrogen-bond acceptors (Lipinski definition) is 5. The van der Waals surface area contributed by atoms with E-state index in [1.807, 2.05) is 19.0 Å². The molecule has 0 saturated carbocycles. The van der Waals surface area contributed by atoms with Crippen LogP contribution in [0.5, 0.6) is 0 Å². The maximum atomic E-state index is 14.0. The zero-order valence-electron chi connectivity index (χ0n) is 15.0. The first kappa shape index (κ1) is 18.4. The molecular formula is C17H19F2N5OS. The average molecular weight is 379 g/mol. The molecule has 26 heavy (non-hydrogen) atoms. The molecule has 0 aliphatic rings. The number of thiazole rings is 1. The van der Waals surface area contributed by atoms with E-state index < -0.39 is 11.6 Å². The van der Waals surface area contributed by atoms with Gasteiger partial charge in [-0.1, -0.05) is 11.3 Å². The number of likely N-dealkylation sites (N-methyl/N-ethyl adjacent to an activating group) is 1. The highest BCUT2D eigenvalue weighted by Crippen LogP contribution is 2.32. The van der Waals surface area contributed by atoms with Crippen molar-refractivity contribution in [2.24, 2.45) is 7.05 Å². The van der Waals surface area contributed by atoms with Crippen LogP contribution in [0.25, 0.3) is 10.2 Å². The van der Waals surface area contributed by atoms with E-state index in [-0.39, 0.29) is 11.4 Å². The molecule has 138 valence electrons. The highest BCUT2D eigenvalue weighted by molar-refractivity contribution is 7.22. The van der Waals surface area contributed by atoms with Crippen LogP contribution < -0.4 is 4.90 Å². The molecule has 0 N–H and O–H groups in total. The lowest BCUT2D eigenvalue weighted by Crippen LogP contribution is -2.37. The van der Waals surface area contributed by atoms with Crippen LogP contribution in [0.15, 0.2) is 18.3 Å². The Morgan fingerprint density at radius 2 is 2.00 bits per heavy atom. The van der Waals surface area contributed by atoms with Crippen molar-refractivity contribution in [2.75, 3.05) is 32.1 Å². The minimum absolute atomic E-state index is 0.0618. The zero-order chi connectivity index (χ0) is 19.0. The van der Waals surface area contributed by atoms with Crippen LogP contribution in [0.1, 0.15) is 16.1 Å². The Morgan fingerprint density at radius 1 is 1.27 bits per heavy atom. The zero-order valence-corrected chi connectivity index (χ0v) is 15.8. The Balaban J connectivity index is 2.04. The highest BCUT2D eigenvalue weighted by atomic mass is 32.1. The van der Waals surface area contributed by atoms with Gasteiger partial charge in [-0.15, -0.1) is 0 Å². The minimum Gasteiger partial charge on any atom is -0.308 e. The van der Waals surface area contributed by atoms with Gasteiger partial charge in [0.2, 0.25) is 0 Å². The summed E-state index contributed by atoms with van der Waals surface area (Å²) in [4.78, 5) is 20.7. The molecule has 6 nitrogen and oxygen atoms in total. The number of carbonyl (C=O) groups is 1. The third kappa shape index (κ3) is 3.58. The summed E-state index contributed by atoms with van der Waals surface area (Å²) in [5, 5.41) is 4.54. The molecule has 3 rings (SSSR count). The molecule has 0 fully saturated rings. The molecule has 9 heteroatoms. The summed E-state index contributed by atoms with van der Waals surface area (Å²) in [6.07, 6.45) is 1.75. The number of hydrogen-bond donors (Lipinski definition) is 0. The summed E-state index contributed by atoms with van der Waals surface area (Å²) >= 11 is 1.08. The van der Waals surface area contributed by atoms with Crippen molar-refractivity contribution in [2.45, 2.75) is 6.92 Å². The van der Waals surface area contributed by atoms with Crippen LogP contribution in [0.4, 0.5) is 13.9 Å². The molecule has 0 radical (unpaired) electrons. The first-order chi connectivity index (χ1) is 12.3. The average Bonchev–Trinajstić information content (AvgIpc) is 3.10. The molecule has 1 aromatic carbocycles. The largest absolute Gasteiger partial charge is 0.308 e. The van der Waals surface area contributed by atoms with Crippen LogP contribution in [0.2, 0.25) is 0 Å². The van der Waals surface area contributed by atoms with E-state index in [0.29, 0.717) is 28.6 Å². The number of rotatable bonds is 5. The summed E-state index contributed by atoms with van der Waals surface area (Å²) in [6, 6.07) is 2.01. The van der Waals surface area contributed by atoms with Gasteiger partial charge in [-0.05, 0) is 27.1 Å². The van der Waals surface area contributed by atoms with Crippen molar-refractivity contribution in [3.8, 4) is 0 Å². The normalized spacial score (nSPS) is 11.5. The minimum atomic E-state index is -0.739. The Kier molecular flexibility index (Phi) is 5.01. The van der Waals surface area contributed by atoms with Crippen molar-refractivity contribution in [3.63, 3.8) is 0 Å². The van der Waals surface area contributed by atoms with E-state index in [2.05, 4.69) is 10.1 Å². The predicted molar refractivity (Wildman–Crippen MR) is 97.7 cm³/mol. The summed E-state index contributed by atoms with van der Waals surface area (Å²) in [5.74, 6) is -1.72. The second kappa shape index (κ2) is 7.08. The molecule has 0 bridgehead atoms. The van der Waals surface area contributed by atoms with E-state index >= 15 is 0 Å². The molecule has 0 saturated heterocycles. The monoisotopic (exact) mass is 379 g/mol. The summed E-state index contributed by atoms with van der Waals surface area (Å²) in [5.41, 5.74) is 1.12. The second-order valence-corrected chi connectivity index (χ2v) is 7.33. The Labute approximate surface area is 153 Å². The van der Waals surface area contributed by atoms with Gasteiger partial charge in [-0.3, -0.25) is 14.4 Å². The lowest BCUT2D eigenvalue weighted by Gasteiger charge is -2.21. The smallest absolute Gasteiger partial charge is 0.280 e. The predicted octanol–water partition coefficient (Wildman–Crippen LogP) is 2.82. The Morgan fingerprint density at radius 3 is 2.62 bits per heavy atom. The SMILES string of the molecule is Cc1cn(C)nc1C(=O)N(CCN(C)C)c1nc2c(F)cc(F)cc2s1. The van der Waals surface area contributed by atoms with E-state index in [9.17, 15) is 13.6 Å². The number of amides is 1. The number of fused-ring (bicyclic) bond motifs is 1. The van der Waals surface area contributed by atoms with Crippen molar-refractivity contribution >= 4 is 32.6 Å². The molecule has 0 unspecified atom stereocenters. The maximum Gasteiger partial charge on any atom is 0.280 e. The number of benzene rings is 1. The standard InChI is InChI=1S/C17H19F2N5OS/c1-10-9-23(4)21-14(10)16(25)24(6-5-22(2)3)17-20-15-12(19)7-11(18)8-13(15)26-17/h7-9H,5-6H2,1-4H3. The fraction of sp³-hybridized carbons (Fsp3) is 0.353. The van der Waals surface area contributed by atoms with Gasteiger partial charge >= 0.3 is 0 Å². The molecule has 0 aliphatic carbocycles. The fourth-order valence-electron chi connectivity index (χ4n) is 2.59. The third-order valence-electron chi connectivity index (χ3n) is 3.86. The summed E-state index contributed by atoms with van der Waals surface area (Å²) < 4.78 is 29.4. The van der Waals surface area contributed by atoms with E-state index in [1.54, 1.807) is 24.9 Å². The topological polar surface area (TPSA) is 54.3 Å². The number of anilines is 1. The van der Waals surface area contributed by atoms with Crippen molar-refractivity contribution in [1.82, 2.24) is 19.7 Å². The van der Waals surface area contributed by atoms with Gasteiger partial charge in [0, 0.05) is 38.0 Å². The van der Waals surface area contributed by atoms with Crippen LogP contribution in [-0.2, 0) is 7.05 Å². The molecule has 0 aliphatic heterocycles. The van der Waals surface area contributed by atoms with Crippen molar-refractivity contribution in [1.29, 1.82) is 0 Å². The fourth-order valence-corrected chi connectivity index (χ4v) is 3.62. The number of halogens is 2. The van der Waals surface area contributed by atoms with E-state index in [0.717, 1.165) is 23.0 Å². The molecule has 2 aromatic heterocycles. The van der Waals surface area contributed by atoms with E-state index in [4.69, 9.17) is 0 Å². The molecular weight excluding hydrogens is 360 g/mol. The van der Waals surface area contributed by atoms with Crippen LogP contribution in [0, 0.1) is 18.6 Å². The van der Waals surface area contributed by atoms with Crippen LogP contribution in [-0.4, -0.2) is 52.8 Å². The van der Waals surface area contributed by atoms with Gasteiger partial charge in [-0.2, -0.15) is 5.10 Å². The number of aryl methyl sites for hydroxylation is 2. The molecule has 0 atom stereocenters. The van der Waals surface area contributed by atoms with Crippen LogP contribution >= 0.6 is 11.3 Å². The Hall–Kier alpha value is -2.39. The highest BCUT2D eigenvalue weighted by Gasteiger charge is 2.25. The van der Waals surface area contributed by atoms with Gasteiger partial charge in [0.1, 0.15) is 11.3 Å². The van der Waals surface area contributed by atoms with Gasteiger partial charge < -0.3 is 4.90 Å². The first-order valence-corrected chi connectivity index (χ1v) is 8.80. The molecule has 3 aromatic rings. The summed E-state index contributed by atoms with van der Waals surface area (Å²) in [6.45, 7) is 2.74. The number of aromatic nitrogens is 3. The summed E-state index contributed by atoms with van der Waals surface area (Å²) in [7, 11) is 5.52. The van der Waals surface area contributed by atoms with Gasteiger partial charge in [0.15, 0.2) is 16.6 Å². The lowest BCUT2D eigenvalue weighted by atomic mass is 10.2. The number of nitrogens with zero attached hydrogens (tertiary/aromatic N) is 5. The third-order valence-corrected chi connectivity index (χ3v) is 4.89. The van der Waals surface area contributed by atoms with E-state index in [1.165, 1.54) is 11.0 Å². The maximum absolute atomic E-state index is 14.0. The quantitative estimate of drug-likeness (QED) is 0.684. The lowest BCUT2D eigenvalue weighted by molar-refractivity contribution is 0.0979.